The van der Waals surface area contributed by atoms with Crippen molar-refractivity contribution in [2.45, 2.75) is 13.0 Å². The number of methoxy groups -OCH3 is 1. The molecule has 1 rings (SSSR count). The van der Waals surface area contributed by atoms with Crippen LogP contribution in [-0.4, -0.2) is 24.8 Å². The fourth-order valence-corrected chi connectivity index (χ4v) is 1.49. The Kier molecular flexibility index (Phi) is 5.28. The van der Waals surface area contributed by atoms with Crippen LogP contribution >= 0.6 is 15.9 Å². The normalized spacial score (nSPS) is 9.94. The molecule has 88 valence electrons. The summed E-state index contributed by atoms with van der Waals surface area (Å²) in [5.74, 6) is 0.315. The van der Waals surface area contributed by atoms with E-state index in [2.05, 4.69) is 20.7 Å². The highest BCUT2D eigenvalue weighted by Gasteiger charge is 2.03. The van der Waals surface area contributed by atoms with E-state index in [1.807, 2.05) is 0 Å². The maximum atomic E-state index is 10.8. The first-order valence-corrected chi connectivity index (χ1v) is 5.55. The monoisotopic (exact) mass is 288 g/mol. The van der Waals surface area contributed by atoms with Gasteiger partial charge in [-0.25, -0.2) is 0 Å². The Labute approximate surface area is 102 Å². The third-order valence-corrected chi connectivity index (χ3v) is 2.76. The van der Waals surface area contributed by atoms with Gasteiger partial charge in [0.25, 0.3) is 0 Å². The number of ether oxygens (including phenoxy) is 2. The number of rotatable bonds is 5. The quantitative estimate of drug-likeness (QED) is 0.841. The Hall–Kier alpha value is -1.07. The molecule has 0 saturated carbocycles. The van der Waals surface area contributed by atoms with Crippen LogP contribution in [-0.2, 0) is 16.1 Å². The number of aliphatic hydroxyl groups excluding tert-OH is 1. The van der Waals surface area contributed by atoms with Crippen LogP contribution in [0.25, 0.3) is 0 Å². The molecule has 0 bridgehead atoms. The van der Waals surface area contributed by atoms with Gasteiger partial charge in [-0.2, -0.15) is 0 Å². The molecule has 0 radical (unpaired) electrons. The van der Waals surface area contributed by atoms with Crippen molar-refractivity contribution in [3.63, 3.8) is 0 Å². The maximum absolute atomic E-state index is 10.8. The Morgan fingerprint density at radius 3 is 2.88 bits per heavy atom. The van der Waals surface area contributed by atoms with Gasteiger partial charge in [-0.1, -0.05) is 15.9 Å². The molecule has 0 unspecified atom stereocenters. The predicted molar refractivity (Wildman–Crippen MR) is 62.2 cm³/mol. The number of esters is 1. The second-order valence-electron chi connectivity index (χ2n) is 3.09. The molecule has 1 aromatic rings. The van der Waals surface area contributed by atoms with E-state index in [9.17, 15) is 4.79 Å². The molecule has 0 aliphatic carbocycles. The zero-order valence-corrected chi connectivity index (χ0v) is 10.5. The van der Waals surface area contributed by atoms with E-state index in [4.69, 9.17) is 9.84 Å². The lowest BCUT2D eigenvalue weighted by Crippen LogP contribution is -2.07. The van der Waals surface area contributed by atoms with Gasteiger partial charge in [-0.15, -0.1) is 0 Å². The topological polar surface area (TPSA) is 55.8 Å². The molecule has 0 aliphatic heterocycles. The number of hydrogen-bond donors (Lipinski definition) is 1. The fourth-order valence-electron chi connectivity index (χ4n) is 1.12. The smallest absolute Gasteiger partial charge is 0.308 e. The summed E-state index contributed by atoms with van der Waals surface area (Å²) < 4.78 is 10.7. The molecule has 1 N–H and O–H groups in total. The van der Waals surface area contributed by atoms with Crippen LogP contribution < -0.4 is 4.74 Å². The Morgan fingerprint density at radius 1 is 1.50 bits per heavy atom. The minimum absolute atomic E-state index is 0.0607. The average molecular weight is 289 g/mol. The summed E-state index contributed by atoms with van der Waals surface area (Å²) in [4.78, 5) is 10.8. The molecule has 0 heterocycles. The van der Waals surface area contributed by atoms with Crippen molar-refractivity contribution < 1.29 is 19.4 Å². The van der Waals surface area contributed by atoms with E-state index in [0.717, 1.165) is 10.0 Å². The molecule has 0 saturated heterocycles. The van der Waals surface area contributed by atoms with Crippen LogP contribution in [0.1, 0.15) is 12.0 Å². The third kappa shape index (κ3) is 3.83. The van der Waals surface area contributed by atoms with Crippen LogP contribution in [0, 0.1) is 0 Å². The van der Waals surface area contributed by atoms with E-state index in [1.165, 1.54) is 7.11 Å². The Balaban J connectivity index is 2.51. The molecule has 0 fully saturated rings. The number of carbonyl (C=O) groups excluding carboxylic acids is 1. The second kappa shape index (κ2) is 6.50. The molecule has 0 aromatic heterocycles. The molecule has 5 heteroatoms. The first-order valence-electron chi connectivity index (χ1n) is 4.76. The molecule has 0 atom stereocenters. The third-order valence-electron chi connectivity index (χ3n) is 1.99. The van der Waals surface area contributed by atoms with E-state index < -0.39 is 0 Å². The zero-order chi connectivity index (χ0) is 12.0. The number of carbonyl (C=O) groups is 1. The zero-order valence-electron chi connectivity index (χ0n) is 8.90. The summed E-state index contributed by atoms with van der Waals surface area (Å²) in [6.07, 6.45) is 0.209. The molecule has 0 amide bonds. The number of hydrogen-bond acceptors (Lipinski definition) is 4. The van der Waals surface area contributed by atoms with Crippen molar-refractivity contribution in [2.24, 2.45) is 0 Å². The molecule has 16 heavy (non-hydrogen) atoms. The van der Waals surface area contributed by atoms with E-state index in [0.29, 0.717) is 5.75 Å². The summed E-state index contributed by atoms with van der Waals surface area (Å²) in [6.45, 7) is 0.202. The molecule has 4 nitrogen and oxygen atoms in total. The lowest BCUT2D eigenvalue weighted by atomic mass is 10.2. The lowest BCUT2D eigenvalue weighted by molar-refractivity contribution is -0.141. The van der Waals surface area contributed by atoms with Crippen LogP contribution in [0.3, 0.4) is 0 Å². The summed E-state index contributed by atoms with van der Waals surface area (Å²) in [6, 6.07) is 5.28. The second-order valence-corrected chi connectivity index (χ2v) is 3.94. The van der Waals surface area contributed by atoms with E-state index in [1.54, 1.807) is 18.2 Å². The van der Waals surface area contributed by atoms with Gasteiger partial charge >= 0.3 is 5.97 Å². The summed E-state index contributed by atoms with van der Waals surface area (Å²) >= 11 is 3.30. The van der Waals surface area contributed by atoms with Crippen molar-refractivity contribution in [3.8, 4) is 5.75 Å². The molecule has 1 aromatic carbocycles. The van der Waals surface area contributed by atoms with Gasteiger partial charge in [0.05, 0.1) is 26.7 Å². The predicted octanol–water partition coefficient (Wildman–Crippen LogP) is 1.88. The van der Waals surface area contributed by atoms with Gasteiger partial charge in [0.15, 0.2) is 0 Å². The molecule has 0 spiro atoms. The number of halogens is 1. The summed E-state index contributed by atoms with van der Waals surface area (Å²) in [5.41, 5.74) is 0.746. The standard InChI is InChI=1S/C11H13BrO4/c1-15-11(14)4-5-16-9-2-3-10(12)8(6-9)7-13/h2-3,6,13H,4-5,7H2,1H3. The average Bonchev–Trinajstić information content (AvgIpc) is 2.31. The summed E-state index contributed by atoms with van der Waals surface area (Å²) in [5, 5.41) is 9.03. The van der Waals surface area contributed by atoms with Crippen molar-refractivity contribution in [3.05, 3.63) is 28.2 Å². The lowest BCUT2D eigenvalue weighted by Gasteiger charge is -2.07. The van der Waals surface area contributed by atoms with Gasteiger partial charge in [0, 0.05) is 4.47 Å². The number of aliphatic hydroxyl groups is 1. The first kappa shape index (κ1) is 13.0. The van der Waals surface area contributed by atoms with Crippen molar-refractivity contribution in [1.82, 2.24) is 0 Å². The number of benzene rings is 1. The first-order chi connectivity index (χ1) is 7.67. The van der Waals surface area contributed by atoms with E-state index in [-0.39, 0.29) is 25.6 Å². The Morgan fingerprint density at radius 2 is 2.25 bits per heavy atom. The van der Waals surface area contributed by atoms with Crippen LogP contribution in [0.4, 0.5) is 0 Å². The SMILES string of the molecule is COC(=O)CCOc1ccc(Br)c(CO)c1. The molecular formula is C11H13BrO4. The van der Waals surface area contributed by atoms with Crippen molar-refractivity contribution in [2.75, 3.05) is 13.7 Å². The highest BCUT2D eigenvalue weighted by molar-refractivity contribution is 9.10. The van der Waals surface area contributed by atoms with Crippen LogP contribution in [0.15, 0.2) is 22.7 Å². The van der Waals surface area contributed by atoms with Gasteiger partial charge < -0.3 is 14.6 Å². The van der Waals surface area contributed by atoms with Crippen molar-refractivity contribution >= 4 is 21.9 Å². The van der Waals surface area contributed by atoms with Crippen LogP contribution in [0.2, 0.25) is 0 Å². The van der Waals surface area contributed by atoms with Crippen LogP contribution in [0.5, 0.6) is 5.75 Å². The van der Waals surface area contributed by atoms with E-state index >= 15 is 0 Å². The van der Waals surface area contributed by atoms with Gasteiger partial charge in [0.2, 0.25) is 0 Å². The fraction of sp³-hybridized carbons (Fsp3) is 0.364. The minimum Gasteiger partial charge on any atom is -0.493 e. The summed E-state index contributed by atoms with van der Waals surface area (Å²) in [7, 11) is 1.34. The molecule has 0 aliphatic rings. The van der Waals surface area contributed by atoms with Crippen molar-refractivity contribution in [1.29, 1.82) is 0 Å². The Bertz CT molecular complexity index is 365. The van der Waals surface area contributed by atoms with Gasteiger partial charge in [0.1, 0.15) is 5.75 Å². The largest absolute Gasteiger partial charge is 0.493 e. The van der Waals surface area contributed by atoms with Gasteiger partial charge in [-0.05, 0) is 23.8 Å². The highest BCUT2D eigenvalue weighted by Crippen LogP contribution is 2.22. The highest BCUT2D eigenvalue weighted by atomic mass is 79.9. The van der Waals surface area contributed by atoms with Gasteiger partial charge in [-0.3, -0.25) is 4.79 Å². The maximum Gasteiger partial charge on any atom is 0.308 e. The minimum atomic E-state index is -0.306. The molecular weight excluding hydrogens is 276 g/mol.